The first-order valence-corrected chi connectivity index (χ1v) is 5.99. The van der Waals surface area contributed by atoms with Crippen LogP contribution in [0.3, 0.4) is 0 Å². The molecule has 1 amide bonds. The van der Waals surface area contributed by atoms with Gasteiger partial charge in [-0.25, -0.2) is 24.4 Å². The molecule has 0 aliphatic rings. The van der Waals surface area contributed by atoms with Gasteiger partial charge in [0.15, 0.2) is 5.82 Å². The Balaban J connectivity index is 2.08. The highest BCUT2D eigenvalue weighted by Crippen LogP contribution is 2.25. The van der Waals surface area contributed by atoms with Gasteiger partial charge in [-0.1, -0.05) is 30.3 Å². The van der Waals surface area contributed by atoms with Crippen LogP contribution >= 0.6 is 0 Å². The van der Waals surface area contributed by atoms with E-state index in [1.54, 1.807) is 24.3 Å². The van der Waals surface area contributed by atoms with Crippen molar-refractivity contribution >= 4 is 17.5 Å². The summed E-state index contributed by atoms with van der Waals surface area (Å²) in [7, 11) is 0. The van der Waals surface area contributed by atoms with Crippen LogP contribution in [0.4, 0.5) is 25.0 Å². The lowest BCUT2D eigenvalue weighted by molar-refractivity contribution is 0.147. The molecule has 2 aromatic carbocycles. The predicted molar refractivity (Wildman–Crippen MR) is 74.1 cm³/mol. The van der Waals surface area contributed by atoms with Gasteiger partial charge in [-0.15, -0.1) is 0 Å². The maximum atomic E-state index is 13.7. The predicted octanol–water partition coefficient (Wildman–Crippen LogP) is 2.56. The molecule has 0 aromatic heterocycles. The monoisotopic (exact) mass is 293 g/mol. The summed E-state index contributed by atoms with van der Waals surface area (Å²) in [6.07, 6.45) is -0.983. The van der Waals surface area contributed by atoms with Crippen molar-refractivity contribution in [3.05, 3.63) is 59.7 Å². The second-order valence-corrected chi connectivity index (χ2v) is 4.20. The molecule has 0 unspecified atom stereocenters. The molecule has 21 heavy (non-hydrogen) atoms. The van der Waals surface area contributed by atoms with Crippen LogP contribution in [0.5, 0.6) is 0 Å². The summed E-state index contributed by atoms with van der Waals surface area (Å²) in [4.78, 5) is 11.7. The largest absolute Gasteiger partial charge is 0.443 e. The fourth-order valence-corrected chi connectivity index (χ4v) is 1.63. The third-order valence-electron chi connectivity index (χ3n) is 2.77. The Kier molecular flexibility index (Phi) is 4.34. The lowest BCUT2D eigenvalue weighted by Gasteiger charge is -2.17. The number of anilines is 2. The Morgan fingerprint density at radius 2 is 1.81 bits per heavy atom. The summed E-state index contributed by atoms with van der Waals surface area (Å²) in [5, 5.41) is 0.439. The van der Waals surface area contributed by atoms with Crippen LogP contribution in [0.1, 0.15) is 5.56 Å². The number of amides is 1. The molecule has 0 aliphatic heterocycles. The number of hydrazine groups is 1. The number of hydrogen-bond donors (Lipinski definition) is 2. The minimum absolute atomic E-state index is 0.0222. The zero-order valence-electron chi connectivity index (χ0n) is 10.9. The number of nitrogens with zero attached hydrogens (tertiary/aromatic N) is 1. The van der Waals surface area contributed by atoms with E-state index in [4.69, 9.17) is 16.3 Å². The first-order valence-electron chi connectivity index (χ1n) is 5.99. The van der Waals surface area contributed by atoms with Crippen LogP contribution in [0, 0.1) is 11.6 Å². The van der Waals surface area contributed by atoms with Gasteiger partial charge in [0, 0.05) is 0 Å². The van der Waals surface area contributed by atoms with E-state index >= 15 is 0 Å². The minimum Gasteiger partial charge on any atom is -0.443 e. The highest BCUT2D eigenvalue weighted by Gasteiger charge is 2.20. The molecule has 0 saturated carbocycles. The Morgan fingerprint density at radius 1 is 1.14 bits per heavy atom. The number of halogens is 2. The van der Waals surface area contributed by atoms with E-state index in [0.29, 0.717) is 5.01 Å². The maximum Gasteiger partial charge on any atom is 0.429 e. The van der Waals surface area contributed by atoms with Crippen molar-refractivity contribution in [3.63, 3.8) is 0 Å². The number of carbonyl (C=O) groups is 1. The number of ether oxygens (including phenoxy) is 1. The van der Waals surface area contributed by atoms with Crippen molar-refractivity contribution in [2.45, 2.75) is 6.61 Å². The van der Waals surface area contributed by atoms with Gasteiger partial charge in [-0.3, -0.25) is 0 Å². The molecule has 0 heterocycles. The summed E-state index contributed by atoms with van der Waals surface area (Å²) < 4.78 is 31.7. The van der Waals surface area contributed by atoms with Crippen molar-refractivity contribution in [1.29, 1.82) is 0 Å². The van der Waals surface area contributed by atoms with E-state index in [1.165, 1.54) is 0 Å². The fourth-order valence-electron chi connectivity index (χ4n) is 1.63. The summed E-state index contributed by atoms with van der Waals surface area (Å²) >= 11 is 0. The Bertz CT molecular complexity index is 650. The summed E-state index contributed by atoms with van der Waals surface area (Å²) in [5.41, 5.74) is 4.87. The van der Waals surface area contributed by atoms with Crippen LogP contribution in [0.25, 0.3) is 0 Å². The van der Waals surface area contributed by atoms with Gasteiger partial charge >= 0.3 is 6.09 Å². The minimum atomic E-state index is -1.12. The van der Waals surface area contributed by atoms with E-state index in [-0.39, 0.29) is 12.3 Å². The molecule has 0 saturated heterocycles. The fraction of sp³-hybridized carbons (Fsp3) is 0.0714. The first kappa shape index (κ1) is 14.7. The van der Waals surface area contributed by atoms with E-state index in [9.17, 15) is 13.6 Å². The Labute approximate surface area is 119 Å². The number of nitrogen functional groups attached to an aromatic ring is 1. The SMILES string of the molecule is Nc1c(F)ccc(N(N)C(=O)OCc2ccccc2)c1F. The number of benzene rings is 2. The average molecular weight is 293 g/mol. The molecular weight excluding hydrogens is 280 g/mol. The average Bonchev–Trinajstić information content (AvgIpc) is 2.51. The second kappa shape index (κ2) is 6.19. The lowest BCUT2D eigenvalue weighted by Crippen LogP contribution is -2.38. The molecule has 4 N–H and O–H groups in total. The maximum absolute atomic E-state index is 13.7. The van der Waals surface area contributed by atoms with Gasteiger partial charge in [0.25, 0.3) is 0 Å². The van der Waals surface area contributed by atoms with Gasteiger partial charge in [0.2, 0.25) is 0 Å². The van der Waals surface area contributed by atoms with Crippen molar-refractivity contribution in [3.8, 4) is 0 Å². The second-order valence-electron chi connectivity index (χ2n) is 4.20. The Morgan fingerprint density at radius 3 is 2.48 bits per heavy atom. The van der Waals surface area contributed by atoms with Crippen LogP contribution < -0.4 is 16.6 Å². The highest BCUT2D eigenvalue weighted by molar-refractivity contribution is 5.87. The molecule has 110 valence electrons. The van der Waals surface area contributed by atoms with Gasteiger partial charge in [-0.2, -0.15) is 0 Å². The van der Waals surface area contributed by atoms with Crippen LogP contribution in [0.15, 0.2) is 42.5 Å². The number of nitrogens with two attached hydrogens (primary N) is 2. The molecule has 0 fully saturated rings. The van der Waals surface area contributed by atoms with Crippen molar-refractivity contribution < 1.29 is 18.3 Å². The van der Waals surface area contributed by atoms with Crippen LogP contribution in [-0.2, 0) is 11.3 Å². The quantitative estimate of drug-likeness (QED) is 0.394. The number of hydrogen-bond acceptors (Lipinski definition) is 4. The first-order chi connectivity index (χ1) is 10.0. The van der Waals surface area contributed by atoms with E-state index in [1.807, 2.05) is 6.07 Å². The smallest absolute Gasteiger partial charge is 0.429 e. The topological polar surface area (TPSA) is 81.6 Å². The Hall–Kier alpha value is -2.67. The third-order valence-corrected chi connectivity index (χ3v) is 2.77. The van der Waals surface area contributed by atoms with Crippen molar-refractivity contribution in [2.24, 2.45) is 5.84 Å². The highest BCUT2D eigenvalue weighted by atomic mass is 19.1. The summed E-state index contributed by atoms with van der Waals surface area (Å²) in [6.45, 7) is -0.0222. The normalized spacial score (nSPS) is 10.2. The van der Waals surface area contributed by atoms with Crippen LogP contribution in [0.2, 0.25) is 0 Å². The number of rotatable bonds is 3. The van der Waals surface area contributed by atoms with E-state index in [2.05, 4.69) is 0 Å². The molecule has 2 aromatic rings. The van der Waals surface area contributed by atoms with Crippen molar-refractivity contribution in [1.82, 2.24) is 0 Å². The molecule has 2 rings (SSSR count). The van der Waals surface area contributed by atoms with Gasteiger partial charge in [0.05, 0.1) is 0 Å². The van der Waals surface area contributed by atoms with Gasteiger partial charge < -0.3 is 10.5 Å². The molecule has 0 radical (unpaired) electrons. The van der Waals surface area contributed by atoms with Gasteiger partial charge in [0.1, 0.15) is 23.8 Å². The molecule has 7 heteroatoms. The summed E-state index contributed by atoms with van der Waals surface area (Å²) in [6, 6.07) is 10.8. The third kappa shape index (κ3) is 3.26. The molecular formula is C14H13F2N3O2. The van der Waals surface area contributed by atoms with Gasteiger partial charge in [-0.05, 0) is 17.7 Å². The van der Waals surface area contributed by atoms with Crippen molar-refractivity contribution in [2.75, 3.05) is 10.7 Å². The number of carbonyl (C=O) groups excluding carboxylic acids is 1. The van der Waals surface area contributed by atoms with Crippen LogP contribution in [-0.4, -0.2) is 6.09 Å². The summed E-state index contributed by atoms with van der Waals surface area (Å²) in [5.74, 6) is 3.42. The molecule has 0 aliphatic carbocycles. The van der Waals surface area contributed by atoms with E-state index in [0.717, 1.165) is 17.7 Å². The van der Waals surface area contributed by atoms with E-state index < -0.39 is 23.4 Å². The standard InChI is InChI=1S/C14H13F2N3O2/c15-10-6-7-11(12(16)13(10)17)19(18)14(20)21-8-9-4-2-1-3-5-9/h1-7H,8,17-18H2. The molecule has 0 atom stereocenters. The molecule has 5 nitrogen and oxygen atoms in total. The zero-order valence-corrected chi connectivity index (χ0v) is 10.9. The molecule has 0 spiro atoms. The molecule has 0 bridgehead atoms. The lowest BCUT2D eigenvalue weighted by atomic mass is 10.2. The zero-order chi connectivity index (χ0) is 15.4.